The lowest BCUT2D eigenvalue weighted by Gasteiger charge is -2.14. The number of carbonyl (C=O) groups is 1. The molecule has 3 aromatic carbocycles. The van der Waals surface area contributed by atoms with Crippen molar-refractivity contribution in [3.05, 3.63) is 77.9 Å². The van der Waals surface area contributed by atoms with Crippen molar-refractivity contribution in [2.45, 2.75) is 31.2 Å². The Morgan fingerprint density at radius 1 is 0.886 bits per heavy atom. The van der Waals surface area contributed by atoms with E-state index in [1.807, 2.05) is 87.5 Å². The van der Waals surface area contributed by atoms with Crippen LogP contribution >= 0.6 is 11.8 Å². The number of aromatic amines is 1. The molecule has 1 atom stereocenters. The van der Waals surface area contributed by atoms with Gasteiger partial charge in [0.1, 0.15) is 11.5 Å². The zero-order valence-electron chi connectivity index (χ0n) is 20.5. The van der Waals surface area contributed by atoms with Gasteiger partial charge < -0.3 is 19.8 Å². The molecule has 0 bridgehead atoms. The summed E-state index contributed by atoms with van der Waals surface area (Å²) in [5, 5.41) is 3.40. The average Bonchev–Trinajstić information content (AvgIpc) is 3.30. The fourth-order valence-electron chi connectivity index (χ4n) is 3.79. The number of benzene rings is 3. The summed E-state index contributed by atoms with van der Waals surface area (Å²) >= 11 is 1.39. The van der Waals surface area contributed by atoms with Gasteiger partial charge in [-0.3, -0.25) is 4.79 Å². The first kappa shape index (κ1) is 24.4. The fourth-order valence-corrected chi connectivity index (χ4v) is 4.59. The number of methoxy groups -OCH3 is 2. The third-order valence-corrected chi connectivity index (χ3v) is 6.80. The highest BCUT2D eigenvalue weighted by molar-refractivity contribution is 8.00. The Kier molecular flexibility index (Phi) is 7.46. The normalized spacial score (nSPS) is 11.7. The second-order valence-electron chi connectivity index (χ2n) is 8.24. The maximum absolute atomic E-state index is 13.0. The number of H-pyrrole nitrogens is 1. The number of para-hydroxylation sites is 1. The van der Waals surface area contributed by atoms with E-state index in [0.717, 1.165) is 50.8 Å². The molecule has 4 rings (SSSR count). The molecular formula is C28H29N3O3S. The van der Waals surface area contributed by atoms with Crippen molar-refractivity contribution in [3.63, 3.8) is 0 Å². The van der Waals surface area contributed by atoms with Gasteiger partial charge in [0.15, 0.2) is 5.16 Å². The Labute approximate surface area is 210 Å². The molecule has 1 unspecified atom stereocenters. The van der Waals surface area contributed by atoms with Crippen molar-refractivity contribution in [1.82, 2.24) is 9.97 Å². The number of amides is 1. The third kappa shape index (κ3) is 5.52. The Bertz CT molecular complexity index is 1230. The lowest BCUT2D eigenvalue weighted by molar-refractivity contribution is -0.115. The number of ether oxygens (including phenoxy) is 2. The van der Waals surface area contributed by atoms with Crippen LogP contribution in [-0.4, -0.2) is 35.3 Å². The number of hydrogen-bond acceptors (Lipinski definition) is 5. The molecule has 0 saturated carbocycles. The molecule has 6 nitrogen and oxygen atoms in total. The van der Waals surface area contributed by atoms with Crippen molar-refractivity contribution in [2.75, 3.05) is 19.5 Å². The Morgan fingerprint density at radius 3 is 1.97 bits per heavy atom. The van der Waals surface area contributed by atoms with Crippen LogP contribution in [0.2, 0.25) is 0 Å². The summed E-state index contributed by atoms with van der Waals surface area (Å²) in [6, 6.07) is 21.6. The third-order valence-electron chi connectivity index (χ3n) is 5.81. The number of thioether (sulfide) groups is 1. The highest BCUT2D eigenvalue weighted by atomic mass is 32.2. The van der Waals surface area contributed by atoms with Gasteiger partial charge >= 0.3 is 0 Å². The van der Waals surface area contributed by atoms with Gasteiger partial charge in [-0.25, -0.2) is 4.98 Å². The maximum atomic E-state index is 13.0. The molecule has 1 heterocycles. The first-order valence-electron chi connectivity index (χ1n) is 11.3. The van der Waals surface area contributed by atoms with E-state index in [9.17, 15) is 4.79 Å². The Balaban J connectivity index is 1.63. The van der Waals surface area contributed by atoms with Crippen molar-refractivity contribution in [1.29, 1.82) is 0 Å². The van der Waals surface area contributed by atoms with E-state index >= 15 is 0 Å². The van der Waals surface area contributed by atoms with E-state index < -0.39 is 0 Å². The van der Waals surface area contributed by atoms with Crippen LogP contribution in [-0.2, 0) is 4.79 Å². The zero-order valence-corrected chi connectivity index (χ0v) is 21.3. The van der Waals surface area contributed by atoms with Crippen LogP contribution in [0.25, 0.3) is 22.5 Å². The average molecular weight is 488 g/mol. The number of rotatable bonds is 8. The minimum Gasteiger partial charge on any atom is -0.497 e. The summed E-state index contributed by atoms with van der Waals surface area (Å²) in [4.78, 5) is 21.3. The second kappa shape index (κ2) is 10.7. The number of hydrogen-bond donors (Lipinski definition) is 2. The molecular weight excluding hydrogens is 458 g/mol. The highest BCUT2D eigenvalue weighted by Gasteiger charge is 2.21. The van der Waals surface area contributed by atoms with Gasteiger partial charge in [0.2, 0.25) is 5.91 Å². The molecule has 35 heavy (non-hydrogen) atoms. The second-order valence-corrected chi connectivity index (χ2v) is 9.57. The maximum Gasteiger partial charge on any atom is 0.237 e. The van der Waals surface area contributed by atoms with E-state index in [2.05, 4.69) is 10.3 Å². The molecule has 0 fully saturated rings. The molecule has 0 aliphatic rings. The minimum atomic E-state index is -0.354. The molecule has 7 heteroatoms. The van der Waals surface area contributed by atoms with Crippen LogP contribution in [0.1, 0.15) is 18.1 Å². The molecule has 0 radical (unpaired) electrons. The summed E-state index contributed by atoms with van der Waals surface area (Å²) in [5.41, 5.74) is 6.55. The first-order chi connectivity index (χ1) is 16.9. The first-order valence-corrected chi connectivity index (χ1v) is 12.2. The van der Waals surface area contributed by atoms with E-state index in [1.54, 1.807) is 14.2 Å². The molecule has 0 aliphatic carbocycles. The molecule has 0 spiro atoms. The number of aromatic nitrogens is 2. The summed E-state index contributed by atoms with van der Waals surface area (Å²) in [6.07, 6.45) is 0. The summed E-state index contributed by atoms with van der Waals surface area (Å²) in [6.45, 7) is 5.88. The van der Waals surface area contributed by atoms with E-state index in [0.29, 0.717) is 5.16 Å². The zero-order chi connectivity index (χ0) is 24.9. The van der Waals surface area contributed by atoms with E-state index in [1.165, 1.54) is 11.8 Å². The van der Waals surface area contributed by atoms with Gasteiger partial charge in [-0.15, -0.1) is 0 Å². The van der Waals surface area contributed by atoms with Crippen LogP contribution in [0.4, 0.5) is 5.69 Å². The molecule has 2 N–H and O–H groups in total. The number of anilines is 1. The number of nitrogens with one attached hydrogen (secondary N) is 2. The molecule has 180 valence electrons. The molecule has 1 amide bonds. The standard InChI is InChI=1S/C28H29N3O3S/c1-17-7-6-8-18(2)24(17)29-27(32)19(3)35-28-30-25(20-9-13-22(33-4)14-10-20)26(31-28)21-11-15-23(34-5)16-12-21/h6-16,19H,1-5H3,(H,29,32)(H,30,31). The van der Waals surface area contributed by atoms with Crippen LogP contribution in [0, 0.1) is 13.8 Å². The fraction of sp³-hybridized carbons (Fsp3) is 0.214. The SMILES string of the molecule is COc1ccc(-c2nc(SC(C)C(=O)Nc3c(C)cccc3C)[nH]c2-c2ccc(OC)cc2)cc1. The highest BCUT2D eigenvalue weighted by Crippen LogP contribution is 2.35. The van der Waals surface area contributed by atoms with Gasteiger partial charge in [0, 0.05) is 16.8 Å². The van der Waals surface area contributed by atoms with Gasteiger partial charge in [0.05, 0.1) is 30.9 Å². The summed E-state index contributed by atoms with van der Waals surface area (Å²) in [5.74, 6) is 1.49. The summed E-state index contributed by atoms with van der Waals surface area (Å²) < 4.78 is 10.6. The monoisotopic (exact) mass is 487 g/mol. The predicted molar refractivity (Wildman–Crippen MR) is 142 cm³/mol. The van der Waals surface area contributed by atoms with Crippen molar-refractivity contribution >= 4 is 23.4 Å². The number of nitrogens with zero attached hydrogens (tertiary/aromatic N) is 1. The smallest absolute Gasteiger partial charge is 0.237 e. The van der Waals surface area contributed by atoms with Gasteiger partial charge in [0.25, 0.3) is 0 Å². The lowest BCUT2D eigenvalue weighted by atomic mass is 10.0. The van der Waals surface area contributed by atoms with Gasteiger partial charge in [-0.05, 0) is 80.4 Å². The van der Waals surface area contributed by atoms with Crippen LogP contribution < -0.4 is 14.8 Å². The topological polar surface area (TPSA) is 76.2 Å². The minimum absolute atomic E-state index is 0.0687. The predicted octanol–water partition coefficient (Wildman–Crippen LogP) is 6.50. The van der Waals surface area contributed by atoms with Crippen LogP contribution in [0.5, 0.6) is 11.5 Å². The van der Waals surface area contributed by atoms with Crippen molar-refractivity contribution in [2.24, 2.45) is 0 Å². The Hall–Kier alpha value is -3.71. The Morgan fingerprint density at radius 2 is 1.43 bits per heavy atom. The van der Waals surface area contributed by atoms with Gasteiger partial charge in [-0.2, -0.15) is 0 Å². The largest absolute Gasteiger partial charge is 0.497 e. The quantitative estimate of drug-likeness (QED) is 0.278. The van der Waals surface area contributed by atoms with Crippen LogP contribution in [0.15, 0.2) is 71.9 Å². The van der Waals surface area contributed by atoms with Crippen LogP contribution in [0.3, 0.4) is 0 Å². The number of imidazole rings is 1. The van der Waals surface area contributed by atoms with E-state index in [4.69, 9.17) is 14.5 Å². The summed E-state index contributed by atoms with van der Waals surface area (Å²) in [7, 11) is 3.29. The lowest BCUT2D eigenvalue weighted by Crippen LogP contribution is -2.23. The number of aryl methyl sites for hydroxylation is 2. The molecule has 0 saturated heterocycles. The van der Waals surface area contributed by atoms with E-state index in [-0.39, 0.29) is 11.2 Å². The molecule has 1 aromatic heterocycles. The molecule has 4 aromatic rings. The van der Waals surface area contributed by atoms with Crippen molar-refractivity contribution < 1.29 is 14.3 Å². The molecule has 0 aliphatic heterocycles. The van der Waals surface area contributed by atoms with Crippen molar-refractivity contribution in [3.8, 4) is 34.0 Å². The number of carbonyl (C=O) groups excluding carboxylic acids is 1. The van der Waals surface area contributed by atoms with Gasteiger partial charge in [-0.1, -0.05) is 30.0 Å².